The molecule has 0 aliphatic carbocycles. The Morgan fingerprint density at radius 2 is 2.24 bits per heavy atom. The number of aromatic amines is 1. The highest BCUT2D eigenvalue weighted by Crippen LogP contribution is 2.34. The summed E-state index contributed by atoms with van der Waals surface area (Å²) >= 11 is 0. The second kappa shape index (κ2) is 6.19. The second-order valence-corrected chi connectivity index (χ2v) is 6.40. The number of carbonyl (C=O) groups is 1. The average Bonchev–Trinajstić information content (AvgIpc) is 3.32. The first-order valence-corrected chi connectivity index (χ1v) is 8.49. The fourth-order valence-electron chi connectivity index (χ4n) is 3.63. The number of nitrogens with one attached hydrogen (secondary N) is 2. The Morgan fingerprint density at radius 1 is 1.36 bits per heavy atom. The van der Waals surface area contributed by atoms with Gasteiger partial charge in [-0.3, -0.25) is 9.50 Å². The minimum absolute atomic E-state index is 0.0739. The molecule has 1 unspecified atom stereocenters. The number of urea groups is 1. The van der Waals surface area contributed by atoms with Gasteiger partial charge in [-0.15, -0.1) is 10.2 Å². The fraction of sp³-hybridized carbons (Fsp3) is 0.412. The molecule has 0 spiro atoms. The molecule has 8 heteroatoms. The van der Waals surface area contributed by atoms with Crippen LogP contribution >= 0.6 is 0 Å². The summed E-state index contributed by atoms with van der Waals surface area (Å²) in [6.45, 7) is 5.08. The molecule has 25 heavy (non-hydrogen) atoms. The van der Waals surface area contributed by atoms with E-state index < -0.39 is 0 Å². The zero-order valence-electron chi connectivity index (χ0n) is 14.4. The van der Waals surface area contributed by atoms with Crippen LogP contribution in [0.1, 0.15) is 41.7 Å². The van der Waals surface area contributed by atoms with Crippen molar-refractivity contribution in [1.82, 2.24) is 35.0 Å². The number of rotatable bonds is 3. The molecule has 3 aromatic heterocycles. The Morgan fingerprint density at radius 3 is 3.04 bits per heavy atom. The van der Waals surface area contributed by atoms with E-state index >= 15 is 0 Å². The zero-order chi connectivity index (χ0) is 17.4. The summed E-state index contributed by atoms with van der Waals surface area (Å²) in [5.41, 5.74) is 3.91. The maximum absolute atomic E-state index is 12.7. The monoisotopic (exact) mass is 339 g/mol. The van der Waals surface area contributed by atoms with E-state index in [0.29, 0.717) is 6.54 Å². The van der Waals surface area contributed by atoms with E-state index in [9.17, 15) is 4.79 Å². The van der Waals surface area contributed by atoms with Crippen LogP contribution in [0, 0.1) is 13.8 Å². The van der Waals surface area contributed by atoms with E-state index in [0.717, 1.165) is 47.8 Å². The molecular weight excluding hydrogens is 318 g/mol. The number of hydrogen-bond donors (Lipinski definition) is 2. The lowest BCUT2D eigenvalue weighted by Gasteiger charge is -2.25. The first-order chi connectivity index (χ1) is 12.1. The lowest BCUT2D eigenvalue weighted by atomic mass is 10.0. The van der Waals surface area contributed by atoms with Crippen LogP contribution in [0.25, 0.3) is 5.65 Å². The molecule has 1 atom stereocenters. The summed E-state index contributed by atoms with van der Waals surface area (Å²) in [4.78, 5) is 14.6. The molecule has 2 amide bonds. The van der Waals surface area contributed by atoms with Gasteiger partial charge in [0, 0.05) is 24.0 Å². The molecule has 0 saturated carbocycles. The number of H-pyrrole nitrogens is 1. The van der Waals surface area contributed by atoms with Gasteiger partial charge in [-0.1, -0.05) is 6.07 Å². The lowest BCUT2D eigenvalue weighted by molar-refractivity contribution is 0.192. The third-order valence-corrected chi connectivity index (χ3v) is 4.81. The Bertz CT molecular complexity index is 893. The quantitative estimate of drug-likeness (QED) is 0.764. The van der Waals surface area contributed by atoms with Gasteiger partial charge in [-0.25, -0.2) is 4.79 Å². The molecule has 0 aromatic carbocycles. The van der Waals surface area contributed by atoms with Crippen molar-refractivity contribution in [3.05, 3.63) is 47.2 Å². The molecule has 4 rings (SSSR count). The molecule has 1 aliphatic heterocycles. The third-order valence-electron chi connectivity index (χ3n) is 4.81. The van der Waals surface area contributed by atoms with Gasteiger partial charge < -0.3 is 10.2 Å². The zero-order valence-corrected chi connectivity index (χ0v) is 14.4. The maximum atomic E-state index is 12.7. The van der Waals surface area contributed by atoms with E-state index in [1.54, 1.807) is 0 Å². The van der Waals surface area contributed by atoms with Crippen molar-refractivity contribution in [2.75, 3.05) is 6.54 Å². The second-order valence-electron chi connectivity index (χ2n) is 6.40. The minimum atomic E-state index is -0.0739. The van der Waals surface area contributed by atoms with Crippen LogP contribution in [0.2, 0.25) is 0 Å². The highest BCUT2D eigenvalue weighted by Gasteiger charge is 2.33. The number of pyridine rings is 1. The van der Waals surface area contributed by atoms with E-state index in [1.165, 1.54) is 0 Å². The van der Waals surface area contributed by atoms with Gasteiger partial charge in [-0.05, 0) is 38.8 Å². The number of aryl methyl sites for hydroxylation is 2. The molecule has 3 aromatic rings. The van der Waals surface area contributed by atoms with E-state index in [2.05, 4.69) is 25.7 Å². The van der Waals surface area contributed by atoms with E-state index in [-0.39, 0.29) is 12.1 Å². The predicted octanol–water partition coefficient (Wildman–Crippen LogP) is 2.12. The molecule has 1 aliphatic rings. The van der Waals surface area contributed by atoms with Crippen molar-refractivity contribution in [2.24, 2.45) is 0 Å². The molecule has 2 N–H and O–H groups in total. The smallest absolute Gasteiger partial charge is 0.318 e. The van der Waals surface area contributed by atoms with Crippen LogP contribution in [-0.4, -0.2) is 42.3 Å². The lowest BCUT2D eigenvalue weighted by Crippen LogP contribution is -2.39. The Hall–Kier alpha value is -2.90. The van der Waals surface area contributed by atoms with Crippen LogP contribution in [0.4, 0.5) is 4.79 Å². The van der Waals surface area contributed by atoms with Gasteiger partial charge in [0.05, 0.1) is 18.3 Å². The van der Waals surface area contributed by atoms with Crippen molar-refractivity contribution in [3.8, 4) is 0 Å². The minimum Gasteiger partial charge on any atom is -0.331 e. The summed E-state index contributed by atoms with van der Waals surface area (Å²) in [6.07, 6.45) is 3.85. The van der Waals surface area contributed by atoms with Crippen molar-refractivity contribution >= 4 is 11.7 Å². The van der Waals surface area contributed by atoms with Gasteiger partial charge in [0.25, 0.3) is 0 Å². The molecule has 0 radical (unpaired) electrons. The van der Waals surface area contributed by atoms with Crippen molar-refractivity contribution in [1.29, 1.82) is 0 Å². The normalized spacial score (nSPS) is 17.4. The maximum Gasteiger partial charge on any atom is 0.318 e. The summed E-state index contributed by atoms with van der Waals surface area (Å²) in [7, 11) is 0. The van der Waals surface area contributed by atoms with Crippen LogP contribution in [0.5, 0.6) is 0 Å². The summed E-state index contributed by atoms with van der Waals surface area (Å²) in [6, 6.07) is 5.72. The standard InChI is InChI=1S/C17H21N7O/c1-11-16(12(2)20-19-11)13-6-5-9-23(13)17(25)18-10-15-22-21-14-7-3-4-8-24(14)15/h3-4,7-8,13H,5-6,9-10H2,1-2H3,(H,18,25)(H,19,20). The van der Waals surface area contributed by atoms with Crippen molar-refractivity contribution < 1.29 is 4.79 Å². The van der Waals surface area contributed by atoms with Crippen LogP contribution < -0.4 is 5.32 Å². The van der Waals surface area contributed by atoms with Gasteiger partial charge in [-0.2, -0.15) is 5.10 Å². The van der Waals surface area contributed by atoms with Gasteiger partial charge in [0.2, 0.25) is 0 Å². The molecule has 1 fully saturated rings. The number of likely N-dealkylation sites (tertiary alicyclic amines) is 1. The van der Waals surface area contributed by atoms with E-state index in [1.807, 2.05) is 47.5 Å². The highest BCUT2D eigenvalue weighted by molar-refractivity contribution is 5.75. The number of carbonyl (C=O) groups excluding carboxylic acids is 1. The Balaban J connectivity index is 1.49. The van der Waals surface area contributed by atoms with Gasteiger partial charge in [0.15, 0.2) is 11.5 Å². The van der Waals surface area contributed by atoms with Crippen molar-refractivity contribution in [2.45, 2.75) is 39.3 Å². The van der Waals surface area contributed by atoms with E-state index in [4.69, 9.17) is 0 Å². The van der Waals surface area contributed by atoms with Crippen molar-refractivity contribution in [3.63, 3.8) is 0 Å². The van der Waals surface area contributed by atoms with Gasteiger partial charge >= 0.3 is 6.03 Å². The Labute approximate surface area is 145 Å². The third kappa shape index (κ3) is 2.73. The number of hydrogen-bond acceptors (Lipinski definition) is 4. The van der Waals surface area contributed by atoms with Gasteiger partial charge in [0.1, 0.15) is 0 Å². The summed E-state index contributed by atoms with van der Waals surface area (Å²) < 4.78 is 1.88. The fourth-order valence-corrected chi connectivity index (χ4v) is 3.63. The first kappa shape index (κ1) is 15.6. The largest absolute Gasteiger partial charge is 0.331 e. The Kier molecular flexibility index (Phi) is 3.87. The molecule has 4 heterocycles. The summed E-state index contributed by atoms with van der Waals surface area (Å²) in [5.74, 6) is 0.718. The predicted molar refractivity (Wildman–Crippen MR) is 92.0 cm³/mol. The van der Waals surface area contributed by atoms with Crippen LogP contribution in [-0.2, 0) is 6.54 Å². The number of aromatic nitrogens is 5. The summed E-state index contributed by atoms with van der Waals surface area (Å²) in [5, 5.41) is 18.5. The number of fused-ring (bicyclic) bond motifs is 1. The highest BCUT2D eigenvalue weighted by atomic mass is 16.2. The molecular formula is C17H21N7O. The SMILES string of the molecule is Cc1n[nH]c(C)c1C1CCCN1C(=O)NCc1nnc2ccccn12. The number of nitrogens with zero attached hydrogens (tertiary/aromatic N) is 5. The molecule has 130 valence electrons. The average molecular weight is 339 g/mol. The molecule has 8 nitrogen and oxygen atoms in total. The first-order valence-electron chi connectivity index (χ1n) is 8.49. The molecule has 0 bridgehead atoms. The topological polar surface area (TPSA) is 91.2 Å². The van der Waals surface area contributed by atoms with Crippen LogP contribution in [0.3, 0.4) is 0 Å². The molecule has 1 saturated heterocycles. The number of amides is 2. The van der Waals surface area contributed by atoms with Crippen LogP contribution in [0.15, 0.2) is 24.4 Å².